The molecule has 3 aromatic rings. The highest BCUT2D eigenvalue weighted by molar-refractivity contribution is 9.10. The zero-order valence-corrected chi connectivity index (χ0v) is 17.4. The van der Waals surface area contributed by atoms with E-state index < -0.39 is 0 Å². The van der Waals surface area contributed by atoms with Crippen molar-refractivity contribution in [2.75, 3.05) is 0 Å². The Morgan fingerprint density at radius 3 is 1.76 bits per heavy atom. The Morgan fingerprint density at radius 2 is 1.24 bits per heavy atom. The monoisotopic (exact) mass is 471 g/mol. The summed E-state index contributed by atoms with van der Waals surface area (Å²) < 4.78 is 31.1. The number of fused-ring (bicyclic) bond motifs is 3. The summed E-state index contributed by atoms with van der Waals surface area (Å²) in [6, 6.07) is 6.58. The molecule has 0 atom stereocenters. The summed E-state index contributed by atoms with van der Waals surface area (Å²) in [5.41, 5.74) is 1.88. The molecule has 0 fully saturated rings. The molecule has 1 aromatic heterocycles. The number of hydrogen-bond donors (Lipinski definition) is 0. The van der Waals surface area contributed by atoms with E-state index >= 15 is 0 Å². The molecule has 0 aliphatic heterocycles. The van der Waals surface area contributed by atoms with Crippen molar-refractivity contribution in [3.8, 4) is 0 Å². The van der Waals surface area contributed by atoms with Crippen molar-refractivity contribution in [1.29, 1.82) is 0 Å². The minimum absolute atomic E-state index is 0.325. The van der Waals surface area contributed by atoms with Crippen LogP contribution >= 0.6 is 31.9 Å². The Kier molecular flexibility index (Phi) is 6.16. The molecule has 1 heterocycles. The lowest BCUT2D eigenvalue weighted by Crippen LogP contribution is -1.98. The normalized spacial score (nSPS) is 11.7. The zero-order chi connectivity index (χ0) is 18.0. The number of hydrogen-bond acceptors (Lipinski definition) is 0. The first-order chi connectivity index (χ1) is 12.0. The summed E-state index contributed by atoms with van der Waals surface area (Å²) in [6.07, 6.45) is 7.27. The molecule has 2 aromatic carbocycles. The molecule has 0 N–H and O–H groups in total. The molecular weight excluding hydrogens is 452 g/mol. The topological polar surface area (TPSA) is 4.93 Å². The first kappa shape index (κ1) is 18.8. The second-order valence-corrected chi connectivity index (χ2v) is 8.20. The Morgan fingerprint density at radius 1 is 0.760 bits per heavy atom. The highest BCUT2D eigenvalue weighted by atomic mass is 79.9. The highest BCUT2D eigenvalue weighted by Gasteiger charge is 2.15. The van der Waals surface area contributed by atoms with Crippen LogP contribution in [0.15, 0.2) is 33.2 Å². The van der Waals surface area contributed by atoms with Gasteiger partial charge in [0, 0.05) is 17.3 Å². The third-order valence-electron chi connectivity index (χ3n) is 4.68. The van der Waals surface area contributed by atoms with Crippen molar-refractivity contribution in [3.63, 3.8) is 0 Å². The number of halogens is 4. The van der Waals surface area contributed by atoms with E-state index in [4.69, 9.17) is 0 Å². The van der Waals surface area contributed by atoms with Gasteiger partial charge in [-0.2, -0.15) is 0 Å². The summed E-state index contributed by atoms with van der Waals surface area (Å²) in [5.74, 6) is -0.649. The van der Waals surface area contributed by atoms with Crippen molar-refractivity contribution in [3.05, 3.63) is 44.8 Å². The molecule has 0 saturated carbocycles. The fourth-order valence-corrected chi connectivity index (χ4v) is 4.03. The van der Waals surface area contributed by atoms with Gasteiger partial charge in [0.2, 0.25) is 0 Å². The molecular formula is C20H21Br2F2N. The maximum Gasteiger partial charge on any atom is 0.138 e. The van der Waals surface area contributed by atoms with Gasteiger partial charge in [0.1, 0.15) is 11.6 Å². The van der Waals surface area contributed by atoms with Crippen LogP contribution in [-0.2, 0) is 6.54 Å². The smallest absolute Gasteiger partial charge is 0.138 e. The SMILES string of the molecule is CCCCCCCCn1c2cc(Br)c(F)cc2c2cc(F)c(Br)cc21. The highest BCUT2D eigenvalue weighted by Crippen LogP contribution is 2.35. The predicted molar refractivity (Wildman–Crippen MR) is 108 cm³/mol. The van der Waals surface area contributed by atoms with Crippen LogP contribution in [0.5, 0.6) is 0 Å². The van der Waals surface area contributed by atoms with Gasteiger partial charge in [-0.3, -0.25) is 0 Å². The summed E-state index contributed by atoms with van der Waals surface area (Å²) in [4.78, 5) is 0. The standard InChI is InChI=1S/C20H21Br2F2N/c1-2-3-4-5-6-7-8-25-19-11-15(21)17(23)9-13(19)14-10-18(24)16(22)12-20(14)25/h9-12H,2-8H2,1H3. The number of rotatable bonds is 7. The molecule has 0 spiro atoms. The number of unbranched alkanes of at least 4 members (excludes halogenated alkanes) is 5. The molecule has 5 heteroatoms. The fraction of sp³-hybridized carbons (Fsp3) is 0.400. The molecule has 3 rings (SSSR count). The molecule has 0 bridgehead atoms. The van der Waals surface area contributed by atoms with Gasteiger partial charge in [0.25, 0.3) is 0 Å². The lowest BCUT2D eigenvalue weighted by atomic mass is 10.1. The van der Waals surface area contributed by atoms with E-state index in [-0.39, 0.29) is 11.6 Å². The molecule has 0 saturated heterocycles. The molecule has 25 heavy (non-hydrogen) atoms. The van der Waals surface area contributed by atoms with E-state index in [1.54, 1.807) is 12.1 Å². The van der Waals surface area contributed by atoms with Crippen LogP contribution in [0, 0.1) is 11.6 Å². The van der Waals surface area contributed by atoms with Crippen LogP contribution < -0.4 is 0 Å². The maximum atomic E-state index is 14.0. The van der Waals surface area contributed by atoms with E-state index in [0.717, 1.165) is 34.8 Å². The van der Waals surface area contributed by atoms with Gasteiger partial charge in [-0.05, 0) is 62.5 Å². The van der Waals surface area contributed by atoms with E-state index in [2.05, 4.69) is 43.4 Å². The zero-order valence-electron chi connectivity index (χ0n) is 14.2. The minimum Gasteiger partial charge on any atom is -0.340 e. The number of nitrogens with zero attached hydrogens (tertiary/aromatic N) is 1. The third kappa shape index (κ3) is 3.92. The maximum absolute atomic E-state index is 14.0. The van der Waals surface area contributed by atoms with E-state index in [1.807, 2.05) is 0 Å². The molecule has 0 aliphatic rings. The third-order valence-corrected chi connectivity index (χ3v) is 5.90. The van der Waals surface area contributed by atoms with Gasteiger partial charge in [0.05, 0.1) is 20.0 Å². The molecule has 1 nitrogen and oxygen atoms in total. The number of aryl methyl sites for hydroxylation is 1. The second-order valence-electron chi connectivity index (χ2n) is 6.49. The Hall–Kier alpha value is -0.940. The van der Waals surface area contributed by atoms with Gasteiger partial charge >= 0.3 is 0 Å². The van der Waals surface area contributed by atoms with Crippen LogP contribution in [0.1, 0.15) is 45.4 Å². The van der Waals surface area contributed by atoms with Gasteiger partial charge in [-0.1, -0.05) is 39.0 Å². The van der Waals surface area contributed by atoms with Crippen molar-refractivity contribution in [1.82, 2.24) is 4.57 Å². The average molecular weight is 473 g/mol. The van der Waals surface area contributed by atoms with Crippen LogP contribution in [0.4, 0.5) is 8.78 Å². The van der Waals surface area contributed by atoms with Gasteiger partial charge in [-0.15, -0.1) is 0 Å². The number of benzene rings is 2. The molecule has 0 aliphatic carbocycles. The fourth-order valence-electron chi connectivity index (χ4n) is 3.37. The van der Waals surface area contributed by atoms with Crippen LogP contribution in [0.3, 0.4) is 0 Å². The van der Waals surface area contributed by atoms with Crippen LogP contribution in [0.2, 0.25) is 0 Å². The van der Waals surface area contributed by atoms with Crippen molar-refractivity contribution >= 4 is 53.7 Å². The lowest BCUT2D eigenvalue weighted by molar-refractivity contribution is 0.570. The second kappa shape index (κ2) is 8.17. The van der Waals surface area contributed by atoms with Gasteiger partial charge in [0.15, 0.2) is 0 Å². The van der Waals surface area contributed by atoms with E-state index in [1.165, 1.54) is 44.2 Å². The van der Waals surface area contributed by atoms with E-state index in [9.17, 15) is 8.78 Å². The molecule has 0 radical (unpaired) electrons. The van der Waals surface area contributed by atoms with E-state index in [0.29, 0.717) is 8.95 Å². The Labute approximate surface area is 163 Å². The molecule has 0 amide bonds. The average Bonchev–Trinajstić information content (AvgIpc) is 2.84. The van der Waals surface area contributed by atoms with Crippen LogP contribution in [-0.4, -0.2) is 4.57 Å². The lowest BCUT2D eigenvalue weighted by Gasteiger charge is -2.08. The number of aromatic nitrogens is 1. The molecule has 134 valence electrons. The van der Waals surface area contributed by atoms with Crippen molar-refractivity contribution in [2.24, 2.45) is 0 Å². The van der Waals surface area contributed by atoms with Crippen LogP contribution in [0.25, 0.3) is 21.8 Å². The summed E-state index contributed by atoms with van der Waals surface area (Å²) in [5, 5.41) is 1.51. The summed E-state index contributed by atoms with van der Waals surface area (Å²) in [7, 11) is 0. The van der Waals surface area contributed by atoms with Crippen molar-refractivity contribution in [2.45, 2.75) is 52.0 Å². The van der Waals surface area contributed by atoms with Gasteiger partial charge in [-0.25, -0.2) is 8.78 Å². The minimum atomic E-state index is -0.325. The first-order valence-corrected chi connectivity index (χ1v) is 10.4. The summed E-state index contributed by atoms with van der Waals surface area (Å²) in [6.45, 7) is 3.06. The predicted octanol–water partition coefficient (Wildman–Crippen LogP) is 7.96. The van der Waals surface area contributed by atoms with Crippen molar-refractivity contribution < 1.29 is 8.78 Å². The van der Waals surface area contributed by atoms with Gasteiger partial charge < -0.3 is 4.57 Å². The molecule has 0 unspecified atom stereocenters. The first-order valence-electron chi connectivity index (χ1n) is 8.79. The Balaban J connectivity index is 1.99. The largest absolute Gasteiger partial charge is 0.340 e. The quantitative estimate of drug-likeness (QED) is 0.307. The Bertz CT molecular complexity index is 837. The summed E-state index contributed by atoms with van der Waals surface area (Å²) >= 11 is 6.55.